The van der Waals surface area contributed by atoms with Gasteiger partial charge in [0.15, 0.2) is 0 Å². The molecule has 2 aromatic carbocycles. The number of thioether (sulfide) groups is 1. The molecule has 0 aliphatic heterocycles. The van der Waals surface area contributed by atoms with Crippen molar-refractivity contribution in [3.05, 3.63) is 82.9 Å². The molecular formula is C26H26F3N3O3S. The van der Waals surface area contributed by atoms with E-state index in [1.54, 1.807) is 13.1 Å². The summed E-state index contributed by atoms with van der Waals surface area (Å²) in [5, 5.41) is 8.43. The number of aromatic nitrogens is 1. The van der Waals surface area contributed by atoms with Crippen LogP contribution >= 0.6 is 11.8 Å². The van der Waals surface area contributed by atoms with Gasteiger partial charge in [0.1, 0.15) is 11.5 Å². The van der Waals surface area contributed by atoms with Gasteiger partial charge in [-0.1, -0.05) is 18.3 Å². The number of amides is 1. The Morgan fingerprint density at radius 1 is 1.14 bits per heavy atom. The second-order valence-electron chi connectivity index (χ2n) is 7.93. The molecule has 0 spiro atoms. The first kappa shape index (κ1) is 26.9. The maximum Gasteiger partial charge on any atom is 0.573 e. The van der Waals surface area contributed by atoms with E-state index in [4.69, 9.17) is 4.74 Å². The van der Waals surface area contributed by atoms with E-state index in [2.05, 4.69) is 26.9 Å². The van der Waals surface area contributed by atoms with E-state index in [-0.39, 0.29) is 11.9 Å². The van der Waals surface area contributed by atoms with Crippen LogP contribution in [-0.4, -0.2) is 23.4 Å². The van der Waals surface area contributed by atoms with E-state index in [0.717, 1.165) is 46.1 Å². The number of nitrogens with one attached hydrogen (secondary N) is 2. The predicted octanol–water partition coefficient (Wildman–Crippen LogP) is 6.76. The van der Waals surface area contributed by atoms with Crippen molar-refractivity contribution in [3.8, 4) is 11.5 Å². The predicted molar refractivity (Wildman–Crippen MR) is 137 cm³/mol. The fraction of sp³-hybridized carbons (Fsp3) is 0.231. The van der Waals surface area contributed by atoms with Crippen LogP contribution in [0.2, 0.25) is 0 Å². The number of ether oxygens (including phenoxy) is 2. The van der Waals surface area contributed by atoms with Crippen molar-refractivity contribution in [3.63, 3.8) is 0 Å². The maximum atomic E-state index is 12.9. The third kappa shape index (κ3) is 7.67. The van der Waals surface area contributed by atoms with Crippen molar-refractivity contribution in [2.75, 3.05) is 5.32 Å². The first-order valence-corrected chi connectivity index (χ1v) is 11.9. The molecule has 0 fully saturated rings. The van der Waals surface area contributed by atoms with Crippen LogP contribution in [0, 0.1) is 0 Å². The average Bonchev–Trinajstić information content (AvgIpc) is 2.80. The number of halogens is 3. The molecule has 1 heterocycles. The van der Waals surface area contributed by atoms with Crippen LogP contribution in [0.25, 0.3) is 10.9 Å². The van der Waals surface area contributed by atoms with Crippen molar-refractivity contribution < 1.29 is 27.4 Å². The van der Waals surface area contributed by atoms with Crippen LogP contribution in [0.5, 0.6) is 11.5 Å². The highest BCUT2D eigenvalue weighted by atomic mass is 32.2. The Hall–Kier alpha value is -3.66. The van der Waals surface area contributed by atoms with Gasteiger partial charge in [0, 0.05) is 35.6 Å². The Labute approximate surface area is 211 Å². The highest BCUT2D eigenvalue weighted by Crippen LogP contribution is 2.27. The number of nitrogens with zero attached hydrogens (tertiary/aromatic N) is 1. The summed E-state index contributed by atoms with van der Waals surface area (Å²) in [6.07, 6.45) is -3.01. The highest BCUT2D eigenvalue weighted by Gasteiger charge is 2.31. The number of carbonyl (C=O) groups excluding carboxylic acids is 1. The molecule has 10 heteroatoms. The van der Waals surface area contributed by atoms with Crippen LogP contribution in [-0.2, 0) is 11.3 Å². The summed E-state index contributed by atoms with van der Waals surface area (Å²) in [5.41, 5.74) is 2.72. The Balaban J connectivity index is 1.73. The minimum Gasteiger partial charge on any atom is -0.491 e. The van der Waals surface area contributed by atoms with Gasteiger partial charge in [-0.05, 0) is 74.2 Å². The molecule has 0 saturated heterocycles. The summed E-state index contributed by atoms with van der Waals surface area (Å²) in [5.74, 6) is -0.0583. The van der Waals surface area contributed by atoms with Crippen LogP contribution in [0.3, 0.4) is 0 Å². The second kappa shape index (κ2) is 11.9. The van der Waals surface area contributed by atoms with E-state index in [9.17, 15) is 18.0 Å². The minimum absolute atomic E-state index is 0.0539. The van der Waals surface area contributed by atoms with Crippen LogP contribution in [0.15, 0.2) is 77.3 Å². The van der Waals surface area contributed by atoms with E-state index in [0.29, 0.717) is 22.8 Å². The number of benzene rings is 2. The number of hydrogen-bond donors (Lipinski definition) is 2. The van der Waals surface area contributed by atoms with E-state index < -0.39 is 12.3 Å². The first-order valence-electron chi connectivity index (χ1n) is 11.0. The third-order valence-electron chi connectivity index (χ3n) is 4.81. The lowest BCUT2D eigenvalue weighted by Crippen LogP contribution is -2.20. The molecule has 0 saturated carbocycles. The molecule has 3 aromatic rings. The number of allylic oxidation sites excluding steroid dienone is 1. The smallest absolute Gasteiger partial charge is 0.491 e. The normalized spacial score (nSPS) is 12.2. The summed E-state index contributed by atoms with van der Waals surface area (Å²) >= 11 is 1.14. The molecule has 0 aliphatic rings. The Morgan fingerprint density at radius 3 is 2.47 bits per heavy atom. The monoisotopic (exact) mass is 517 g/mol. The van der Waals surface area contributed by atoms with Crippen molar-refractivity contribution in [2.45, 2.75) is 39.8 Å². The number of anilines is 1. The average molecular weight is 518 g/mol. The largest absolute Gasteiger partial charge is 0.573 e. The molecule has 0 atom stereocenters. The third-order valence-corrected chi connectivity index (χ3v) is 5.71. The maximum absolute atomic E-state index is 12.9. The molecule has 190 valence electrons. The van der Waals surface area contributed by atoms with Gasteiger partial charge in [0.25, 0.3) is 5.91 Å². The quantitative estimate of drug-likeness (QED) is 0.290. The standard InChI is InChI=1S/C26H26F3N3O3S/c1-5-36-24(25(33)32-19-6-8-20(9-7-19)35-26(27,28)29)17(4)31-15-18-12-13-30-23-14-21(34-16(2)3)10-11-22(18)23/h5-14,16,31H,1,15H2,2-4H3,(H,32,33)/b24-17+. The van der Waals surface area contributed by atoms with Gasteiger partial charge in [-0.15, -0.1) is 13.2 Å². The molecule has 0 radical (unpaired) electrons. The zero-order valence-electron chi connectivity index (χ0n) is 20.0. The van der Waals surface area contributed by atoms with Gasteiger partial charge < -0.3 is 20.1 Å². The second-order valence-corrected chi connectivity index (χ2v) is 8.91. The lowest BCUT2D eigenvalue weighted by atomic mass is 10.1. The van der Waals surface area contributed by atoms with Gasteiger partial charge >= 0.3 is 6.36 Å². The molecule has 0 bridgehead atoms. The summed E-state index contributed by atoms with van der Waals surface area (Å²) in [4.78, 5) is 17.7. The van der Waals surface area contributed by atoms with Gasteiger partial charge in [-0.2, -0.15) is 0 Å². The molecule has 1 aromatic heterocycles. The van der Waals surface area contributed by atoms with Crippen molar-refractivity contribution >= 4 is 34.3 Å². The van der Waals surface area contributed by atoms with E-state index >= 15 is 0 Å². The summed E-state index contributed by atoms with van der Waals surface area (Å²) < 4.78 is 46.6. The molecule has 0 aliphatic carbocycles. The molecule has 3 rings (SSSR count). The molecule has 0 unspecified atom stereocenters. The Morgan fingerprint density at radius 2 is 1.83 bits per heavy atom. The fourth-order valence-corrected chi connectivity index (χ4v) is 3.89. The summed E-state index contributed by atoms with van der Waals surface area (Å²) in [7, 11) is 0. The van der Waals surface area contributed by atoms with Crippen molar-refractivity contribution in [1.82, 2.24) is 10.3 Å². The van der Waals surface area contributed by atoms with Gasteiger partial charge in [-0.25, -0.2) is 0 Å². The van der Waals surface area contributed by atoms with Crippen molar-refractivity contribution in [1.29, 1.82) is 0 Å². The van der Waals surface area contributed by atoms with Crippen LogP contribution < -0.4 is 20.1 Å². The minimum atomic E-state index is -4.78. The summed E-state index contributed by atoms with van der Waals surface area (Å²) in [6.45, 7) is 9.80. The molecule has 6 nitrogen and oxygen atoms in total. The number of fused-ring (bicyclic) bond motifs is 1. The van der Waals surface area contributed by atoms with Gasteiger partial charge in [-0.3, -0.25) is 9.78 Å². The topological polar surface area (TPSA) is 72.5 Å². The lowest BCUT2D eigenvalue weighted by Gasteiger charge is -2.15. The fourth-order valence-electron chi connectivity index (χ4n) is 3.32. The first-order chi connectivity index (χ1) is 17.1. The number of alkyl halides is 3. The summed E-state index contributed by atoms with van der Waals surface area (Å²) in [6, 6.07) is 12.6. The van der Waals surface area contributed by atoms with Crippen LogP contribution in [0.4, 0.5) is 18.9 Å². The number of hydrogen-bond acceptors (Lipinski definition) is 6. The Bertz CT molecular complexity index is 1260. The Kier molecular flexibility index (Phi) is 8.87. The van der Waals surface area contributed by atoms with Gasteiger partial charge in [0.05, 0.1) is 16.5 Å². The number of pyridine rings is 1. The lowest BCUT2D eigenvalue weighted by molar-refractivity contribution is -0.274. The SMILES string of the molecule is C=CS/C(C(=O)Nc1ccc(OC(F)(F)F)cc1)=C(\C)NCc1ccnc2cc(OC(C)C)ccc12. The van der Waals surface area contributed by atoms with Crippen LogP contribution in [0.1, 0.15) is 26.3 Å². The molecule has 36 heavy (non-hydrogen) atoms. The van der Waals surface area contributed by atoms with Gasteiger partial charge in [0.2, 0.25) is 0 Å². The molecule has 1 amide bonds. The zero-order chi connectivity index (χ0) is 26.3. The van der Waals surface area contributed by atoms with E-state index in [1.165, 1.54) is 17.5 Å². The zero-order valence-corrected chi connectivity index (χ0v) is 20.8. The molecular weight excluding hydrogens is 491 g/mol. The molecule has 2 N–H and O–H groups in total. The highest BCUT2D eigenvalue weighted by molar-refractivity contribution is 8.06. The number of rotatable bonds is 10. The van der Waals surface area contributed by atoms with Crippen molar-refractivity contribution in [2.24, 2.45) is 0 Å². The van der Waals surface area contributed by atoms with E-state index in [1.807, 2.05) is 38.1 Å². The number of carbonyl (C=O) groups is 1.